The second-order valence-corrected chi connectivity index (χ2v) is 9.26. The van der Waals surface area contributed by atoms with E-state index in [-0.39, 0.29) is 18.1 Å². The van der Waals surface area contributed by atoms with Crippen molar-refractivity contribution in [1.82, 2.24) is 4.72 Å². The van der Waals surface area contributed by atoms with E-state index in [9.17, 15) is 13.2 Å². The summed E-state index contributed by atoms with van der Waals surface area (Å²) >= 11 is 0. The predicted molar refractivity (Wildman–Crippen MR) is 120 cm³/mol. The Bertz CT molecular complexity index is 1100. The zero-order chi connectivity index (χ0) is 22.1. The van der Waals surface area contributed by atoms with E-state index in [2.05, 4.69) is 4.72 Å². The first kappa shape index (κ1) is 22.3. The fraction of sp³-hybridized carbons (Fsp3) is 0.200. The van der Waals surface area contributed by atoms with Gasteiger partial charge >= 0.3 is 0 Å². The summed E-state index contributed by atoms with van der Waals surface area (Å²) in [6.07, 6.45) is 1.47. The molecule has 0 bridgehead atoms. The van der Waals surface area contributed by atoms with Gasteiger partial charge in [-0.1, -0.05) is 72.8 Å². The number of sulfonamides is 1. The fourth-order valence-corrected chi connectivity index (χ4v) is 4.65. The lowest BCUT2D eigenvalue weighted by Crippen LogP contribution is -2.33. The van der Waals surface area contributed by atoms with Gasteiger partial charge < -0.3 is 0 Å². The molecule has 158 valence electrons. The lowest BCUT2D eigenvalue weighted by Gasteiger charge is -2.17. The molecule has 0 aliphatic heterocycles. The number of carbonyl (C=O) groups excluding carboxylic acids is 1. The molecule has 0 unspecified atom stereocenters. The van der Waals surface area contributed by atoms with Crippen LogP contribution in [0.1, 0.15) is 28.7 Å². The summed E-state index contributed by atoms with van der Waals surface area (Å²) in [5.41, 5.74) is 3.19. The molecule has 0 aromatic heterocycles. The van der Waals surface area contributed by atoms with Crippen LogP contribution >= 0.6 is 0 Å². The van der Waals surface area contributed by atoms with Gasteiger partial charge in [-0.15, -0.1) is 0 Å². The summed E-state index contributed by atoms with van der Waals surface area (Å²) in [6.45, 7) is 0. The summed E-state index contributed by atoms with van der Waals surface area (Å²) in [7, 11) is -3.83. The smallest absolute Gasteiger partial charge is 0.239 e. The Hall–Kier alpha value is -3.43. The lowest BCUT2D eigenvalue weighted by atomic mass is 9.90. The van der Waals surface area contributed by atoms with Gasteiger partial charge in [0.2, 0.25) is 15.9 Å². The molecule has 3 aromatic carbocycles. The molecular formula is C25H24N2O3S. The molecule has 0 radical (unpaired) electrons. The SMILES string of the molecule is N#Cc1ccc(CS(=O)(=O)NC(=O)CC(Cc2ccccc2)Cc2ccccc2)cc1. The Balaban J connectivity index is 1.66. The summed E-state index contributed by atoms with van der Waals surface area (Å²) in [5, 5.41) is 8.85. The van der Waals surface area contributed by atoms with Crippen LogP contribution in [0.2, 0.25) is 0 Å². The number of nitrogens with zero attached hydrogens (tertiary/aromatic N) is 1. The number of hydrogen-bond acceptors (Lipinski definition) is 4. The summed E-state index contributed by atoms with van der Waals surface area (Å²) in [5.74, 6) is -0.854. The van der Waals surface area contributed by atoms with Gasteiger partial charge in [0.15, 0.2) is 0 Å². The number of carbonyl (C=O) groups is 1. The normalized spacial score (nSPS) is 11.1. The maximum absolute atomic E-state index is 12.6. The second kappa shape index (κ2) is 10.6. The quantitative estimate of drug-likeness (QED) is 0.554. The van der Waals surface area contributed by atoms with Crippen molar-refractivity contribution < 1.29 is 13.2 Å². The van der Waals surface area contributed by atoms with Crippen molar-refractivity contribution in [3.8, 4) is 6.07 Å². The molecule has 0 atom stereocenters. The van der Waals surface area contributed by atoms with Crippen LogP contribution < -0.4 is 4.72 Å². The molecule has 5 nitrogen and oxygen atoms in total. The zero-order valence-corrected chi connectivity index (χ0v) is 17.9. The van der Waals surface area contributed by atoms with Gasteiger partial charge in [-0.2, -0.15) is 5.26 Å². The predicted octanol–water partition coefficient (Wildman–Crippen LogP) is 4.00. The van der Waals surface area contributed by atoms with Crippen molar-refractivity contribution in [2.45, 2.75) is 25.0 Å². The van der Waals surface area contributed by atoms with Crippen molar-refractivity contribution in [3.63, 3.8) is 0 Å². The van der Waals surface area contributed by atoms with Crippen molar-refractivity contribution in [2.75, 3.05) is 0 Å². The lowest BCUT2D eigenvalue weighted by molar-refractivity contribution is -0.120. The van der Waals surface area contributed by atoms with Crippen LogP contribution in [0.4, 0.5) is 0 Å². The molecule has 0 aliphatic rings. The molecular weight excluding hydrogens is 408 g/mol. The number of nitrogens with one attached hydrogen (secondary N) is 1. The zero-order valence-electron chi connectivity index (χ0n) is 17.1. The summed E-state index contributed by atoms with van der Waals surface area (Å²) < 4.78 is 27.1. The fourth-order valence-electron chi connectivity index (χ4n) is 3.52. The Labute approximate surface area is 183 Å². The number of benzene rings is 3. The van der Waals surface area contributed by atoms with Crippen molar-refractivity contribution >= 4 is 15.9 Å². The van der Waals surface area contributed by atoms with Crippen LogP contribution in [-0.2, 0) is 33.4 Å². The standard InChI is InChI=1S/C25H24N2O3S/c26-18-22-11-13-23(14-12-22)19-31(29,30)27-25(28)17-24(15-20-7-3-1-4-8-20)16-21-9-5-2-6-10-21/h1-14,24H,15-17,19H2,(H,27,28). The van der Waals surface area contributed by atoms with Gasteiger partial charge in [-0.3, -0.25) is 9.52 Å². The highest BCUT2D eigenvalue weighted by Gasteiger charge is 2.20. The van der Waals surface area contributed by atoms with E-state index in [4.69, 9.17) is 5.26 Å². The molecule has 0 aliphatic carbocycles. The molecule has 0 fully saturated rings. The van der Waals surface area contributed by atoms with Crippen molar-refractivity contribution in [3.05, 3.63) is 107 Å². The Kier molecular flexibility index (Phi) is 7.58. The Morgan fingerprint density at radius 2 is 1.32 bits per heavy atom. The average Bonchev–Trinajstić information content (AvgIpc) is 2.75. The molecule has 3 aromatic rings. The molecule has 0 saturated carbocycles. The highest BCUT2D eigenvalue weighted by molar-refractivity contribution is 7.89. The molecule has 1 amide bonds. The third-order valence-corrected chi connectivity index (χ3v) is 6.17. The molecule has 1 N–H and O–H groups in total. The Morgan fingerprint density at radius 1 is 0.806 bits per heavy atom. The minimum absolute atomic E-state index is 0.0325. The van der Waals surface area contributed by atoms with E-state index in [0.29, 0.717) is 24.0 Å². The largest absolute Gasteiger partial charge is 0.274 e. The molecule has 3 rings (SSSR count). The van der Waals surface area contributed by atoms with E-state index < -0.39 is 15.9 Å². The maximum atomic E-state index is 12.6. The van der Waals surface area contributed by atoms with Crippen LogP contribution in [0, 0.1) is 17.2 Å². The molecule has 0 saturated heterocycles. The summed E-state index contributed by atoms with van der Waals surface area (Å²) in [6, 6.07) is 28.0. The van der Waals surface area contributed by atoms with Gasteiger partial charge in [-0.25, -0.2) is 8.42 Å². The highest BCUT2D eigenvalue weighted by atomic mass is 32.2. The minimum Gasteiger partial charge on any atom is -0.274 e. The first-order valence-corrected chi connectivity index (χ1v) is 11.7. The average molecular weight is 433 g/mol. The van der Waals surface area contributed by atoms with Crippen molar-refractivity contribution in [2.24, 2.45) is 5.92 Å². The highest BCUT2D eigenvalue weighted by Crippen LogP contribution is 2.19. The first-order chi connectivity index (χ1) is 14.9. The minimum atomic E-state index is -3.83. The van der Waals surface area contributed by atoms with Gasteiger partial charge in [0.25, 0.3) is 0 Å². The van der Waals surface area contributed by atoms with Crippen LogP contribution in [0.25, 0.3) is 0 Å². The number of hydrogen-bond donors (Lipinski definition) is 1. The summed E-state index contributed by atoms with van der Waals surface area (Å²) in [4.78, 5) is 12.6. The van der Waals surface area contributed by atoms with Crippen LogP contribution in [0.3, 0.4) is 0 Å². The number of amides is 1. The third-order valence-electron chi connectivity index (χ3n) is 4.92. The van der Waals surface area contributed by atoms with Gasteiger partial charge in [0, 0.05) is 6.42 Å². The van der Waals surface area contributed by atoms with E-state index in [1.807, 2.05) is 66.7 Å². The number of nitriles is 1. The topological polar surface area (TPSA) is 87.0 Å². The van der Waals surface area contributed by atoms with Gasteiger partial charge in [0.1, 0.15) is 0 Å². The number of rotatable bonds is 9. The van der Waals surface area contributed by atoms with Crippen molar-refractivity contribution in [1.29, 1.82) is 5.26 Å². The molecule has 0 spiro atoms. The maximum Gasteiger partial charge on any atom is 0.239 e. The Morgan fingerprint density at radius 3 is 1.81 bits per heavy atom. The van der Waals surface area contributed by atoms with Crippen LogP contribution in [0.15, 0.2) is 84.9 Å². The van der Waals surface area contributed by atoms with E-state index >= 15 is 0 Å². The third kappa shape index (κ3) is 7.40. The van der Waals surface area contributed by atoms with E-state index in [0.717, 1.165) is 11.1 Å². The van der Waals surface area contributed by atoms with Crippen LogP contribution in [0.5, 0.6) is 0 Å². The van der Waals surface area contributed by atoms with E-state index in [1.165, 1.54) is 0 Å². The molecule has 0 heterocycles. The van der Waals surface area contributed by atoms with Crippen LogP contribution in [-0.4, -0.2) is 14.3 Å². The second-order valence-electron chi connectivity index (χ2n) is 7.54. The monoisotopic (exact) mass is 432 g/mol. The van der Waals surface area contributed by atoms with E-state index in [1.54, 1.807) is 24.3 Å². The molecule has 31 heavy (non-hydrogen) atoms. The molecule has 6 heteroatoms. The van der Waals surface area contributed by atoms with Gasteiger partial charge in [0.05, 0.1) is 17.4 Å². The van der Waals surface area contributed by atoms with Gasteiger partial charge in [-0.05, 0) is 47.6 Å². The first-order valence-electron chi connectivity index (χ1n) is 10.0.